The molecular weight excluding hydrogens is 499 g/mol. The summed E-state index contributed by atoms with van der Waals surface area (Å²) in [5, 5.41) is 8.28. The molecule has 4 nitrogen and oxygen atoms in total. The van der Waals surface area contributed by atoms with Gasteiger partial charge in [-0.25, -0.2) is 0 Å². The molecule has 0 unspecified atom stereocenters. The van der Waals surface area contributed by atoms with Gasteiger partial charge in [0.15, 0.2) is 0 Å². The Morgan fingerprint density at radius 2 is 1.22 bits per heavy atom. The predicted molar refractivity (Wildman–Crippen MR) is 157 cm³/mol. The van der Waals surface area contributed by atoms with Crippen molar-refractivity contribution in [2.24, 2.45) is 17.8 Å². The average molecular weight is 544 g/mol. The van der Waals surface area contributed by atoms with Gasteiger partial charge in [-0.2, -0.15) is 0 Å². The van der Waals surface area contributed by atoms with E-state index < -0.39 is 0 Å². The second-order valence-corrected chi connectivity index (χ2v) is 12.5. The predicted octanol–water partition coefficient (Wildman–Crippen LogP) is 6.30. The molecule has 0 atom stereocenters. The number of likely N-dealkylation sites (tertiary alicyclic amines) is 2. The molecule has 3 aliphatic heterocycles. The van der Waals surface area contributed by atoms with E-state index in [1.54, 1.807) is 0 Å². The Balaban J connectivity index is 1.29. The molecule has 3 heterocycles. The van der Waals surface area contributed by atoms with Gasteiger partial charge in [0.25, 0.3) is 0 Å². The topological polar surface area (TPSA) is 30.5 Å². The van der Waals surface area contributed by atoms with Crippen molar-refractivity contribution in [2.75, 3.05) is 52.9 Å². The van der Waals surface area contributed by atoms with E-state index in [1.165, 1.54) is 94.5 Å². The molecule has 0 aliphatic carbocycles. The third-order valence-electron chi connectivity index (χ3n) is 8.94. The standard InChI is InChI=1S/C31H44Cl2N4/c1-34-20-23-4-10-36(11-5-23)21-24-14-25(16-28(15-24)29-17-30(32)19-31(33)18-29)22-37-12-6-27(7-13-37)26-2-8-35-9-3-26/h14-19,23,26-27,34-35H,2-13,20-22H2,1H3. The normalized spacial score (nSPS) is 21.5. The zero-order valence-electron chi connectivity index (χ0n) is 22.5. The fourth-order valence-electron chi connectivity index (χ4n) is 6.88. The summed E-state index contributed by atoms with van der Waals surface area (Å²) in [6.07, 6.45) is 7.99. The summed E-state index contributed by atoms with van der Waals surface area (Å²) in [5.41, 5.74) is 5.15. The van der Waals surface area contributed by atoms with Crippen LogP contribution in [-0.2, 0) is 13.1 Å². The maximum atomic E-state index is 6.40. The maximum Gasteiger partial charge on any atom is 0.0426 e. The lowest BCUT2D eigenvalue weighted by atomic mass is 9.79. The molecule has 2 N–H and O–H groups in total. The minimum atomic E-state index is 0.695. The van der Waals surface area contributed by atoms with Gasteiger partial charge in [0.05, 0.1) is 0 Å². The van der Waals surface area contributed by atoms with Gasteiger partial charge in [-0.05, 0) is 162 Å². The zero-order chi connectivity index (χ0) is 25.6. The van der Waals surface area contributed by atoms with E-state index in [2.05, 4.69) is 45.7 Å². The van der Waals surface area contributed by atoms with Crippen LogP contribution in [0.15, 0.2) is 36.4 Å². The van der Waals surface area contributed by atoms with Gasteiger partial charge in [0.1, 0.15) is 0 Å². The highest BCUT2D eigenvalue weighted by atomic mass is 35.5. The van der Waals surface area contributed by atoms with E-state index in [0.29, 0.717) is 10.0 Å². The van der Waals surface area contributed by atoms with Gasteiger partial charge in [-0.3, -0.25) is 9.80 Å². The lowest BCUT2D eigenvalue weighted by Crippen LogP contribution is -2.39. The van der Waals surface area contributed by atoms with Crippen molar-refractivity contribution < 1.29 is 0 Å². The Labute approximate surface area is 234 Å². The molecule has 0 amide bonds. The first-order valence-corrected chi connectivity index (χ1v) is 15.2. The van der Waals surface area contributed by atoms with Crippen LogP contribution in [0.5, 0.6) is 0 Å². The third kappa shape index (κ3) is 7.71. The van der Waals surface area contributed by atoms with Gasteiger partial charge in [-0.15, -0.1) is 0 Å². The van der Waals surface area contributed by atoms with Gasteiger partial charge in [0.2, 0.25) is 0 Å². The quantitative estimate of drug-likeness (QED) is 0.409. The number of piperidine rings is 3. The van der Waals surface area contributed by atoms with Crippen molar-refractivity contribution in [3.63, 3.8) is 0 Å². The Bertz CT molecular complexity index is 986. The first kappa shape index (κ1) is 27.4. The number of nitrogens with one attached hydrogen (secondary N) is 2. The SMILES string of the molecule is CNCC1CCN(Cc2cc(CN3CCC(C4CCNCC4)CC3)cc(-c3cc(Cl)cc(Cl)c3)c2)CC1. The highest BCUT2D eigenvalue weighted by Crippen LogP contribution is 2.33. The van der Waals surface area contributed by atoms with Crippen molar-refractivity contribution in [3.8, 4) is 11.1 Å². The van der Waals surface area contributed by atoms with Crippen molar-refractivity contribution in [2.45, 2.75) is 51.6 Å². The van der Waals surface area contributed by atoms with E-state index in [0.717, 1.165) is 43.0 Å². The molecule has 0 bridgehead atoms. The molecule has 0 radical (unpaired) electrons. The van der Waals surface area contributed by atoms with Crippen LogP contribution in [-0.4, -0.2) is 62.7 Å². The van der Waals surface area contributed by atoms with E-state index in [9.17, 15) is 0 Å². The Hall–Kier alpha value is -1.14. The van der Waals surface area contributed by atoms with E-state index >= 15 is 0 Å². The first-order chi connectivity index (χ1) is 18.1. The summed E-state index contributed by atoms with van der Waals surface area (Å²) in [4.78, 5) is 5.30. The van der Waals surface area contributed by atoms with E-state index in [1.807, 2.05) is 18.2 Å². The summed E-state index contributed by atoms with van der Waals surface area (Å²) < 4.78 is 0. The van der Waals surface area contributed by atoms with E-state index in [4.69, 9.17) is 23.2 Å². The highest BCUT2D eigenvalue weighted by molar-refractivity contribution is 6.35. The molecule has 0 aromatic heterocycles. The van der Waals surface area contributed by atoms with Crippen LogP contribution in [0.4, 0.5) is 0 Å². The molecule has 5 rings (SSSR count). The van der Waals surface area contributed by atoms with Crippen LogP contribution < -0.4 is 10.6 Å². The van der Waals surface area contributed by atoms with Crippen LogP contribution in [0, 0.1) is 17.8 Å². The molecule has 202 valence electrons. The van der Waals surface area contributed by atoms with Crippen molar-refractivity contribution in [1.82, 2.24) is 20.4 Å². The Morgan fingerprint density at radius 1 is 0.703 bits per heavy atom. The largest absolute Gasteiger partial charge is 0.319 e. The molecule has 37 heavy (non-hydrogen) atoms. The molecular formula is C31H44Cl2N4. The molecule has 3 saturated heterocycles. The van der Waals surface area contributed by atoms with Crippen LogP contribution in [0.2, 0.25) is 10.0 Å². The molecule has 2 aromatic carbocycles. The van der Waals surface area contributed by atoms with Crippen LogP contribution in [0.3, 0.4) is 0 Å². The third-order valence-corrected chi connectivity index (χ3v) is 9.38. The van der Waals surface area contributed by atoms with Gasteiger partial charge in [-0.1, -0.05) is 29.3 Å². The van der Waals surface area contributed by atoms with Crippen LogP contribution >= 0.6 is 23.2 Å². The van der Waals surface area contributed by atoms with Gasteiger partial charge < -0.3 is 10.6 Å². The summed E-state index contributed by atoms with van der Waals surface area (Å²) in [7, 11) is 2.07. The van der Waals surface area contributed by atoms with Crippen molar-refractivity contribution >= 4 is 23.2 Å². The second kappa shape index (κ2) is 13.3. The van der Waals surface area contributed by atoms with E-state index in [-0.39, 0.29) is 0 Å². The Kier molecular flexibility index (Phi) is 9.84. The highest BCUT2D eigenvalue weighted by Gasteiger charge is 2.27. The number of rotatable bonds is 8. The Morgan fingerprint density at radius 3 is 1.78 bits per heavy atom. The minimum absolute atomic E-state index is 0.695. The summed E-state index contributed by atoms with van der Waals surface area (Å²) >= 11 is 12.8. The lowest BCUT2D eigenvalue weighted by Gasteiger charge is -2.38. The number of halogens is 2. The molecule has 0 spiro atoms. The average Bonchev–Trinajstić information content (AvgIpc) is 2.90. The van der Waals surface area contributed by atoms with Crippen molar-refractivity contribution in [1.29, 1.82) is 0 Å². The number of benzene rings is 2. The molecule has 0 saturated carbocycles. The van der Waals surface area contributed by atoms with Gasteiger partial charge in [0, 0.05) is 23.1 Å². The number of nitrogens with zero attached hydrogens (tertiary/aromatic N) is 2. The smallest absolute Gasteiger partial charge is 0.0426 e. The summed E-state index contributed by atoms with van der Waals surface area (Å²) in [6, 6.07) is 13.1. The molecule has 3 aliphatic rings. The maximum absolute atomic E-state index is 6.40. The summed E-state index contributed by atoms with van der Waals surface area (Å²) in [6.45, 7) is 10.4. The van der Waals surface area contributed by atoms with Crippen molar-refractivity contribution in [3.05, 3.63) is 57.6 Å². The number of hydrogen-bond donors (Lipinski definition) is 2. The zero-order valence-corrected chi connectivity index (χ0v) is 24.0. The molecule has 6 heteroatoms. The fourth-order valence-corrected chi connectivity index (χ4v) is 7.41. The first-order valence-electron chi connectivity index (χ1n) is 14.4. The van der Waals surface area contributed by atoms with Crippen LogP contribution in [0.25, 0.3) is 11.1 Å². The second-order valence-electron chi connectivity index (χ2n) is 11.7. The van der Waals surface area contributed by atoms with Gasteiger partial charge >= 0.3 is 0 Å². The fraction of sp³-hybridized carbons (Fsp3) is 0.613. The molecule has 2 aromatic rings. The minimum Gasteiger partial charge on any atom is -0.319 e. The lowest BCUT2D eigenvalue weighted by molar-refractivity contribution is 0.126. The summed E-state index contributed by atoms with van der Waals surface area (Å²) in [5.74, 6) is 2.66. The van der Waals surface area contributed by atoms with Crippen LogP contribution in [0.1, 0.15) is 49.7 Å². The monoisotopic (exact) mass is 542 g/mol. The molecule has 3 fully saturated rings. The number of hydrogen-bond acceptors (Lipinski definition) is 4.